The maximum atomic E-state index is 12.0. The number of aromatic carboxylic acids is 1. The molecule has 0 aliphatic heterocycles. The number of nitrogens with one attached hydrogen (secondary N) is 1. The zero-order valence-electron chi connectivity index (χ0n) is 9.93. The number of hydrogen-bond acceptors (Lipinski definition) is 3. The molecule has 0 fully saturated rings. The molecule has 2 rings (SSSR count). The summed E-state index contributed by atoms with van der Waals surface area (Å²) in [5.41, 5.74) is 0.614. The third-order valence-electron chi connectivity index (χ3n) is 2.42. The topological polar surface area (TPSA) is 79.3 Å². The number of amides is 1. The average molecular weight is 356 g/mol. The van der Waals surface area contributed by atoms with Crippen LogP contribution in [-0.4, -0.2) is 22.0 Å². The number of pyridine rings is 1. The highest BCUT2D eigenvalue weighted by molar-refractivity contribution is 9.10. The first-order valence-corrected chi connectivity index (χ1v) is 6.60. The minimum absolute atomic E-state index is 0.139. The molecule has 1 aromatic carbocycles. The first-order valence-electron chi connectivity index (χ1n) is 5.43. The lowest BCUT2D eigenvalue weighted by Crippen LogP contribution is -2.12. The molecule has 0 atom stereocenters. The number of carboxylic acids is 1. The van der Waals surface area contributed by atoms with Crippen LogP contribution in [0.5, 0.6) is 0 Å². The molecule has 0 bridgehead atoms. The Morgan fingerprint density at radius 1 is 1.25 bits per heavy atom. The molecule has 0 saturated heterocycles. The Labute approximate surface area is 127 Å². The van der Waals surface area contributed by atoms with Gasteiger partial charge in [-0.05, 0) is 46.3 Å². The Morgan fingerprint density at radius 3 is 2.65 bits per heavy atom. The molecule has 0 unspecified atom stereocenters. The maximum absolute atomic E-state index is 12.0. The summed E-state index contributed by atoms with van der Waals surface area (Å²) in [6.45, 7) is 0. The molecule has 0 radical (unpaired) electrons. The van der Waals surface area contributed by atoms with Crippen LogP contribution in [0.25, 0.3) is 0 Å². The highest BCUT2D eigenvalue weighted by Gasteiger charge is 2.10. The minimum atomic E-state index is -1.16. The van der Waals surface area contributed by atoms with Gasteiger partial charge in [-0.3, -0.25) is 4.79 Å². The number of carbonyl (C=O) groups is 2. The van der Waals surface area contributed by atoms with Crippen LogP contribution in [0.2, 0.25) is 5.02 Å². The first kappa shape index (κ1) is 14.5. The van der Waals surface area contributed by atoms with Gasteiger partial charge in [-0.25, -0.2) is 9.78 Å². The highest BCUT2D eigenvalue weighted by Crippen LogP contribution is 2.23. The number of carboxylic acid groups (broad SMARTS) is 1. The van der Waals surface area contributed by atoms with Crippen molar-refractivity contribution < 1.29 is 14.7 Å². The number of benzene rings is 1. The molecule has 20 heavy (non-hydrogen) atoms. The van der Waals surface area contributed by atoms with E-state index in [0.29, 0.717) is 20.7 Å². The number of hydrogen-bond donors (Lipinski definition) is 2. The van der Waals surface area contributed by atoms with Crippen molar-refractivity contribution in [1.82, 2.24) is 4.98 Å². The quantitative estimate of drug-likeness (QED) is 0.884. The summed E-state index contributed by atoms with van der Waals surface area (Å²) in [5.74, 6) is -1.53. The van der Waals surface area contributed by atoms with E-state index < -0.39 is 5.97 Å². The van der Waals surface area contributed by atoms with Gasteiger partial charge >= 0.3 is 5.97 Å². The number of nitrogens with zero attached hydrogens (tertiary/aromatic N) is 1. The number of anilines is 1. The largest absolute Gasteiger partial charge is 0.477 e. The van der Waals surface area contributed by atoms with E-state index in [1.165, 1.54) is 18.3 Å². The third-order valence-corrected chi connectivity index (χ3v) is 3.63. The van der Waals surface area contributed by atoms with Gasteiger partial charge in [-0.15, -0.1) is 0 Å². The van der Waals surface area contributed by atoms with Crippen LogP contribution in [0, 0.1) is 0 Å². The zero-order chi connectivity index (χ0) is 14.7. The van der Waals surface area contributed by atoms with Gasteiger partial charge in [-0.1, -0.05) is 11.6 Å². The predicted molar refractivity (Wildman–Crippen MR) is 78.3 cm³/mol. The third kappa shape index (κ3) is 3.34. The smallest absolute Gasteiger partial charge is 0.354 e. The summed E-state index contributed by atoms with van der Waals surface area (Å²) < 4.78 is 0.604. The van der Waals surface area contributed by atoms with Crippen LogP contribution in [0.4, 0.5) is 5.69 Å². The standard InChI is InChI=1S/C13H8BrClN2O3/c14-9-5-7(1-2-10(9)15)12(18)17-8-3-4-16-11(6-8)13(19)20/h1-6H,(H,19,20)(H,16,17,18). The van der Waals surface area contributed by atoms with E-state index in [0.717, 1.165) is 0 Å². The molecule has 5 nitrogen and oxygen atoms in total. The van der Waals surface area contributed by atoms with Crippen molar-refractivity contribution in [3.05, 3.63) is 57.3 Å². The summed E-state index contributed by atoms with van der Waals surface area (Å²) in [4.78, 5) is 26.5. The van der Waals surface area contributed by atoms with Gasteiger partial charge in [-0.2, -0.15) is 0 Å². The normalized spacial score (nSPS) is 10.1. The molecule has 7 heteroatoms. The van der Waals surface area contributed by atoms with E-state index in [2.05, 4.69) is 26.2 Å². The predicted octanol–water partition coefficient (Wildman–Crippen LogP) is 3.45. The fourth-order valence-corrected chi connectivity index (χ4v) is 1.96. The van der Waals surface area contributed by atoms with Crippen molar-refractivity contribution in [2.45, 2.75) is 0 Å². The average Bonchev–Trinajstić information content (AvgIpc) is 2.42. The summed E-state index contributed by atoms with van der Waals surface area (Å²) in [6.07, 6.45) is 1.32. The highest BCUT2D eigenvalue weighted by atomic mass is 79.9. The molecule has 0 aliphatic rings. The minimum Gasteiger partial charge on any atom is -0.477 e. The van der Waals surface area contributed by atoms with Crippen LogP contribution in [-0.2, 0) is 0 Å². The van der Waals surface area contributed by atoms with E-state index in [-0.39, 0.29) is 11.6 Å². The van der Waals surface area contributed by atoms with Crippen LogP contribution in [0.15, 0.2) is 41.0 Å². The molecule has 1 aromatic heterocycles. The van der Waals surface area contributed by atoms with Gasteiger partial charge in [0.2, 0.25) is 0 Å². The molecular formula is C13H8BrClN2O3. The number of halogens is 2. The maximum Gasteiger partial charge on any atom is 0.354 e. The Balaban J connectivity index is 2.21. The number of rotatable bonds is 3. The summed E-state index contributed by atoms with van der Waals surface area (Å²) in [7, 11) is 0. The fourth-order valence-electron chi connectivity index (χ4n) is 1.47. The van der Waals surface area contributed by atoms with Crippen molar-refractivity contribution >= 4 is 45.1 Å². The van der Waals surface area contributed by atoms with Crippen LogP contribution in [0.3, 0.4) is 0 Å². The fraction of sp³-hybridized carbons (Fsp3) is 0. The molecule has 2 N–H and O–H groups in total. The van der Waals surface area contributed by atoms with E-state index >= 15 is 0 Å². The van der Waals surface area contributed by atoms with Crippen molar-refractivity contribution in [1.29, 1.82) is 0 Å². The Bertz CT molecular complexity index is 691. The lowest BCUT2D eigenvalue weighted by molar-refractivity contribution is 0.0690. The van der Waals surface area contributed by atoms with Gasteiger partial charge in [0.1, 0.15) is 5.69 Å². The van der Waals surface area contributed by atoms with E-state index in [1.807, 2.05) is 0 Å². The van der Waals surface area contributed by atoms with Crippen molar-refractivity contribution in [2.24, 2.45) is 0 Å². The zero-order valence-corrected chi connectivity index (χ0v) is 12.3. The van der Waals surface area contributed by atoms with Crippen LogP contribution in [0.1, 0.15) is 20.8 Å². The number of carbonyl (C=O) groups excluding carboxylic acids is 1. The summed E-state index contributed by atoms with van der Waals surface area (Å²) in [6, 6.07) is 7.54. The van der Waals surface area contributed by atoms with Crippen molar-refractivity contribution in [3.63, 3.8) is 0 Å². The molecule has 2 aromatic rings. The number of aromatic nitrogens is 1. The Kier molecular flexibility index (Phi) is 4.36. The van der Waals surface area contributed by atoms with Gasteiger partial charge in [0, 0.05) is 21.9 Å². The molecule has 102 valence electrons. The monoisotopic (exact) mass is 354 g/mol. The van der Waals surface area contributed by atoms with Gasteiger partial charge in [0.05, 0.1) is 5.02 Å². The lowest BCUT2D eigenvalue weighted by atomic mass is 10.2. The van der Waals surface area contributed by atoms with Crippen LogP contribution >= 0.6 is 27.5 Å². The molecule has 0 saturated carbocycles. The summed E-state index contributed by atoms with van der Waals surface area (Å²) >= 11 is 9.08. The molecule has 1 heterocycles. The molecule has 0 aliphatic carbocycles. The molecule has 1 amide bonds. The van der Waals surface area contributed by atoms with Crippen molar-refractivity contribution in [3.8, 4) is 0 Å². The van der Waals surface area contributed by atoms with E-state index in [1.54, 1.807) is 18.2 Å². The van der Waals surface area contributed by atoms with Gasteiger partial charge < -0.3 is 10.4 Å². The van der Waals surface area contributed by atoms with Gasteiger partial charge in [0.15, 0.2) is 0 Å². The summed E-state index contributed by atoms with van der Waals surface area (Å²) in [5, 5.41) is 11.9. The first-order chi connectivity index (χ1) is 9.47. The Hall–Kier alpha value is -1.92. The van der Waals surface area contributed by atoms with E-state index in [9.17, 15) is 9.59 Å². The van der Waals surface area contributed by atoms with E-state index in [4.69, 9.17) is 16.7 Å². The second kappa shape index (κ2) is 6.02. The van der Waals surface area contributed by atoms with Crippen LogP contribution < -0.4 is 5.32 Å². The molecule has 0 spiro atoms. The lowest BCUT2D eigenvalue weighted by Gasteiger charge is -2.06. The second-order valence-corrected chi connectivity index (χ2v) is 5.08. The van der Waals surface area contributed by atoms with Crippen molar-refractivity contribution in [2.75, 3.05) is 5.32 Å². The van der Waals surface area contributed by atoms with Gasteiger partial charge in [0.25, 0.3) is 5.91 Å². The SMILES string of the molecule is O=C(Nc1ccnc(C(=O)O)c1)c1ccc(Cl)c(Br)c1. The molecular weight excluding hydrogens is 348 g/mol. The Morgan fingerprint density at radius 2 is 2.00 bits per heavy atom. The second-order valence-electron chi connectivity index (χ2n) is 3.82.